The topological polar surface area (TPSA) is 49.3 Å². The smallest absolute Gasteiger partial charge is 0.337 e. The minimum atomic E-state index is -0.954. The monoisotopic (exact) mass is 285 g/mol. The van der Waals surface area contributed by atoms with Gasteiger partial charge in [0.05, 0.1) is 5.56 Å². The van der Waals surface area contributed by atoms with Crippen LogP contribution in [0.1, 0.15) is 30.1 Å². The molecule has 1 fully saturated rings. The first kappa shape index (κ1) is 13.6. The zero-order valence-corrected chi connectivity index (χ0v) is 11.8. The van der Waals surface area contributed by atoms with Gasteiger partial charge in [-0.3, -0.25) is 0 Å². The van der Waals surface area contributed by atoms with E-state index in [1.165, 1.54) is 24.7 Å². The average Bonchev–Trinajstić information content (AvgIpc) is 2.75. The molecule has 1 atom stereocenters. The molecule has 98 valence electrons. The second kappa shape index (κ2) is 5.41. The van der Waals surface area contributed by atoms with E-state index in [0.29, 0.717) is 10.7 Å². The molecule has 1 aromatic carbocycles. The molecule has 0 spiro atoms. The van der Waals surface area contributed by atoms with Crippen molar-refractivity contribution < 1.29 is 9.90 Å². The summed E-state index contributed by atoms with van der Waals surface area (Å²) in [6, 6.07) is 4.92. The van der Waals surface area contributed by atoms with Crippen molar-refractivity contribution in [3.63, 3.8) is 0 Å². The van der Waals surface area contributed by atoms with Crippen LogP contribution in [0.2, 0.25) is 5.02 Å². The molecule has 2 rings (SSSR count). The van der Waals surface area contributed by atoms with Gasteiger partial charge in [0.1, 0.15) is 0 Å². The van der Waals surface area contributed by atoms with Crippen molar-refractivity contribution in [1.82, 2.24) is 0 Å². The number of nitrogens with one attached hydrogen (secondary N) is 1. The Morgan fingerprint density at radius 3 is 3.00 bits per heavy atom. The summed E-state index contributed by atoms with van der Waals surface area (Å²) in [5.74, 6) is 0.231. The van der Waals surface area contributed by atoms with E-state index in [2.05, 4.69) is 12.2 Å². The van der Waals surface area contributed by atoms with Crippen LogP contribution in [-0.4, -0.2) is 28.1 Å². The standard InChI is InChI=1S/C13H16ClNO2S/c1-13(5-2-6-18-13)8-15-11-4-3-9(14)7-10(11)12(16)17/h3-4,7,15H,2,5-6,8H2,1H3,(H,16,17). The molecule has 1 unspecified atom stereocenters. The van der Waals surface area contributed by atoms with Crippen LogP contribution in [0.4, 0.5) is 5.69 Å². The van der Waals surface area contributed by atoms with Crippen LogP contribution in [0.5, 0.6) is 0 Å². The first-order chi connectivity index (χ1) is 8.50. The molecule has 1 aliphatic heterocycles. The maximum atomic E-state index is 11.1. The fourth-order valence-corrected chi connectivity index (χ4v) is 3.52. The Bertz CT molecular complexity index is 458. The predicted octanol–water partition coefficient (Wildman–Crippen LogP) is 3.74. The molecular formula is C13H16ClNO2S. The van der Waals surface area contributed by atoms with Crippen molar-refractivity contribution in [1.29, 1.82) is 0 Å². The lowest BCUT2D eigenvalue weighted by atomic mass is 10.1. The molecule has 5 heteroatoms. The molecule has 1 aliphatic rings. The second-order valence-electron chi connectivity index (χ2n) is 4.75. The van der Waals surface area contributed by atoms with Gasteiger partial charge < -0.3 is 10.4 Å². The van der Waals surface area contributed by atoms with Crippen LogP contribution < -0.4 is 5.32 Å². The van der Waals surface area contributed by atoms with E-state index in [-0.39, 0.29) is 10.3 Å². The Kier molecular flexibility index (Phi) is 4.07. The molecule has 0 saturated carbocycles. The molecule has 1 aromatic rings. The van der Waals surface area contributed by atoms with E-state index < -0.39 is 5.97 Å². The summed E-state index contributed by atoms with van der Waals surface area (Å²) in [5, 5.41) is 12.8. The van der Waals surface area contributed by atoms with Crippen LogP contribution in [0.25, 0.3) is 0 Å². The number of rotatable bonds is 4. The summed E-state index contributed by atoms with van der Waals surface area (Å²) in [4.78, 5) is 11.1. The number of hydrogen-bond acceptors (Lipinski definition) is 3. The van der Waals surface area contributed by atoms with Crippen molar-refractivity contribution in [2.45, 2.75) is 24.5 Å². The van der Waals surface area contributed by atoms with E-state index in [9.17, 15) is 4.79 Å². The van der Waals surface area contributed by atoms with E-state index in [4.69, 9.17) is 16.7 Å². The van der Waals surface area contributed by atoms with E-state index >= 15 is 0 Å². The molecule has 0 aliphatic carbocycles. The van der Waals surface area contributed by atoms with Gasteiger partial charge in [-0.25, -0.2) is 4.79 Å². The fraction of sp³-hybridized carbons (Fsp3) is 0.462. The molecule has 0 radical (unpaired) electrons. The Balaban J connectivity index is 2.11. The number of carboxylic acids is 1. The van der Waals surface area contributed by atoms with Gasteiger partial charge >= 0.3 is 5.97 Å². The molecule has 1 heterocycles. The molecule has 2 N–H and O–H groups in total. The first-order valence-corrected chi connectivity index (χ1v) is 7.27. The van der Waals surface area contributed by atoms with Gasteiger partial charge in [-0.15, -0.1) is 0 Å². The zero-order chi connectivity index (χ0) is 13.2. The minimum absolute atomic E-state index is 0.204. The van der Waals surface area contributed by atoms with Gasteiger partial charge in [0.15, 0.2) is 0 Å². The SMILES string of the molecule is CC1(CNc2ccc(Cl)cc2C(=O)O)CCCS1. The van der Waals surface area contributed by atoms with Gasteiger partial charge in [0.25, 0.3) is 0 Å². The second-order valence-corrected chi connectivity index (χ2v) is 6.87. The molecular weight excluding hydrogens is 270 g/mol. The van der Waals surface area contributed by atoms with E-state index in [0.717, 1.165) is 6.54 Å². The number of benzene rings is 1. The van der Waals surface area contributed by atoms with Crippen LogP contribution in [-0.2, 0) is 0 Å². The third kappa shape index (κ3) is 3.12. The molecule has 18 heavy (non-hydrogen) atoms. The lowest BCUT2D eigenvalue weighted by molar-refractivity contribution is 0.0698. The van der Waals surface area contributed by atoms with Gasteiger partial charge in [0, 0.05) is 22.0 Å². The van der Waals surface area contributed by atoms with Gasteiger partial charge in [-0.05, 0) is 43.7 Å². The summed E-state index contributed by atoms with van der Waals surface area (Å²) >= 11 is 7.77. The Labute approximate surface area is 116 Å². The third-order valence-corrected chi connectivity index (χ3v) is 4.94. The number of aromatic carboxylic acids is 1. The van der Waals surface area contributed by atoms with Crippen molar-refractivity contribution in [2.75, 3.05) is 17.6 Å². The number of carbonyl (C=O) groups is 1. The largest absolute Gasteiger partial charge is 0.478 e. The number of thioether (sulfide) groups is 1. The Hall–Kier alpha value is -0.870. The highest BCUT2D eigenvalue weighted by Crippen LogP contribution is 2.38. The van der Waals surface area contributed by atoms with Crippen LogP contribution in [0.15, 0.2) is 18.2 Å². The third-order valence-electron chi connectivity index (χ3n) is 3.17. The van der Waals surface area contributed by atoms with Gasteiger partial charge in [-0.1, -0.05) is 11.6 Å². The summed E-state index contributed by atoms with van der Waals surface area (Å²) in [5.41, 5.74) is 0.870. The lowest BCUT2D eigenvalue weighted by Crippen LogP contribution is -2.27. The Morgan fingerprint density at radius 2 is 2.39 bits per heavy atom. The fourth-order valence-electron chi connectivity index (χ4n) is 2.11. The highest BCUT2D eigenvalue weighted by Gasteiger charge is 2.29. The summed E-state index contributed by atoms with van der Waals surface area (Å²) in [6.07, 6.45) is 2.40. The van der Waals surface area contributed by atoms with Crippen molar-refractivity contribution in [3.8, 4) is 0 Å². The van der Waals surface area contributed by atoms with Crippen molar-refractivity contribution in [2.24, 2.45) is 0 Å². The molecule has 1 saturated heterocycles. The molecule has 0 aromatic heterocycles. The quantitative estimate of drug-likeness (QED) is 0.885. The minimum Gasteiger partial charge on any atom is -0.478 e. The lowest BCUT2D eigenvalue weighted by Gasteiger charge is -2.24. The molecule has 3 nitrogen and oxygen atoms in total. The number of carboxylic acid groups (broad SMARTS) is 1. The molecule has 0 bridgehead atoms. The van der Waals surface area contributed by atoms with Crippen molar-refractivity contribution in [3.05, 3.63) is 28.8 Å². The van der Waals surface area contributed by atoms with Crippen LogP contribution >= 0.6 is 23.4 Å². The van der Waals surface area contributed by atoms with Gasteiger partial charge in [-0.2, -0.15) is 11.8 Å². The molecule has 0 amide bonds. The van der Waals surface area contributed by atoms with E-state index in [1.54, 1.807) is 12.1 Å². The van der Waals surface area contributed by atoms with Crippen LogP contribution in [0, 0.1) is 0 Å². The van der Waals surface area contributed by atoms with E-state index in [1.807, 2.05) is 11.8 Å². The zero-order valence-electron chi connectivity index (χ0n) is 10.2. The summed E-state index contributed by atoms with van der Waals surface area (Å²) in [7, 11) is 0. The number of halogens is 1. The average molecular weight is 286 g/mol. The van der Waals surface area contributed by atoms with Crippen LogP contribution in [0.3, 0.4) is 0 Å². The highest BCUT2D eigenvalue weighted by atomic mass is 35.5. The van der Waals surface area contributed by atoms with Crippen molar-refractivity contribution >= 4 is 35.0 Å². The van der Waals surface area contributed by atoms with Gasteiger partial charge in [0.2, 0.25) is 0 Å². The Morgan fingerprint density at radius 1 is 1.61 bits per heavy atom. The highest BCUT2D eigenvalue weighted by molar-refractivity contribution is 8.00. The maximum absolute atomic E-state index is 11.1. The summed E-state index contributed by atoms with van der Waals surface area (Å²) in [6.45, 7) is 2.99. The number of anilines is 1. The summed E-state index contributed by atoms with van der Waals surface area (Å²) < 4.78 is 0.204. The first-order valence-electron chi connectivity index (χ1n) is 5.91. The predicted molar refractivity (Wildman–Crippen MR) is 77.0 cm³/mol. The maximum Gasteiger partial charge on any atom is 0.337 e. The normalized spacial score (nSPS) is 23.0. The number of hydrogen-bond donors (Lipinski definition) is 2.